The Kier molecular flexibility index (Phi) is 1.55. The van der Waals surface area contributed by atoms with Crippen molar-refractivity contribution in [2.24, 2.45) is 0 Å². The Labute approximate surface area is 86.0 Å². The van der Waals surface area contributed by atoms with Crippen LogP contribution < -0.4 is 0 Å². The first-order chi connectivity index (χ1) is 6.84. The highest BCUT2D eigenvalue weighted by molar-refractivity contribution is 7.80. The summed E-state index contributed by atoms with van der Waals surface area (Å²) in [6.07, 6.45) is 1.77. The molecule has 68 valence electrons. The maximum absolute atomic E-state index is 5.61. The maximum atomic E-state index is 5.61. The van der Waals surface area contributed by atoms with Crippen molar-refractivity contribution < 1.29 is 4.42 Å². The van der Waals surface area contributed by atoms with Crippen LogP contribution in [0, 0.1) is 0 Å². The van der Waals surface area contributed by atoms with E-state index in [1.807, 2.05) is 30.3 Å². The van der Waals surface area contributed by atoms with Crippen LogP contribution in [0.5, 0.6) is 0 Å². The number of nitrogens with zero attached hydrogens (tertiary/aromatic N) is 1. The lowest BCUT2D eigenvalue weighted by molar-refractivity contribution is 0.668. The number of pyridine rings is 1. The summed E-state index contributed by atoms with van der Waals surface area (Å²) in [6, 6.07) is 9.58. The molecule has 14 heavy (non-hydrogen) atoms. The second-order valence-corrected chi connectivity index (χ2v) is 3.65. The average Bonchev–Trinajstić information content (AvgIpc) is 2.56. The topological polar surface area (TPSA) is 26.0 Å². The second kappa shape index (κ2) is 2.75. The van der Waals surface area contributed by atoms with Gasteiger partial charge in [0.1, 0.15) is 11.1 Å². The van der Waals surface area contributed by atoms with Gasteiger partial charge in [0, 0.05) is 16.5 Å². The van der Waals surface area contributed by atoms with Gasteiger partial charge in [0.05, 0.1) is 0 Å². The Hall–Kier alpha value is -1.48. The number of benzene rings is 1. The molecule has 3 rings (SSSR count). The smallest absolute Gasteiger partial charge is 0.153 e. The molecule has 0 radical (unpaired) electrons. The molecular weight excluding hydrogens is 194 g/mol. The van der Waals surface area contributed by atoms with Crippen molar-refractivity contribution >= 4 is 34.7 Å². The third-order valence-electron chi connectivity index (χ3n) is 2.21. The fourth-order valence-corrected chi connectivity index (χ4v) is 1.79. The van der Waals surface area contributed by atoms with Crippen molar-refractivity contribution in [1.82, 2.24) is 4.98 Å². The van der Waals surface area contributed by atoms with Crippen molar-refractivity contribution in [3.63, 3.8) is 0 Å². The van der Waals surface area contributed by atoms with Crippen LogP contribution in [0.15, 0.2) is 45.8 Å². The third kappa shape index (κ3) is 1.02. The molecule has 3 aromatic rings. The number of aromatic nitrogens is 1. The first kappa shape index (κ1) is 7.88. The predicted octanol–water partition coefficient (Wildman–Crippen LogP) is 3.27. The molecule has 0 aliphatic carbocycles. The van der Waals surface area contributed by atoms with Gasteiger partial charge < -0.3 is 4.42 Å². The lowest BCUT2D eigenvalue weighted by atomic mass is 10.2. The Morgan fingerprint density at radius 1 is 1.14 bits per heavy atom. The molecule has 3 heteroatoms. The van der Waals surface area contributed by atoms with Crippen LogP contribution in [-0.2, 0) is 0 Å². The number of furan rings is 1. The Balaban J connectivity index is 2.58. The van der Waals surface area contributed by atoms with Crippen molar-refractivity contribution in [1.29, 1.82) is 0 Å². The minimum atomic E-state index is 0.821. The van der Waals surface area contributed by atoms with Gasteiger partial charge in [-0.1, -0.05) is 0 Å². The monoisotopic (exact) mass is 201 g/mol. The number of fused-ring (bicyclic) bond motifs is 3. The van der Waals surface area contributed by atoms with Crippen molar-refractivity contribution in [2.45, 2.75) is 4.90 Å². The molecule has 0 amide bonds. The number of thiol groups is 1. The zero-order chi connectivity index (χ0) is 9.54. The maximum Gasteiger partial charge on any atom is 0.153 e. The van der Waals surface area contributed by atoms with Crippen LogP contribution in [0.25, 0.3) is 22.1 Å². The van der Waals surface area contributed by atoms with Gasteiger partial charge in [-0.15, -0.1) is 12.6 Å². The van der Waals surface area contributed by atoms with Gasteiger partial charge in [0.25, 0.3) is 0 Å². The van der Waals surface area contributed by atoms with Gasteiger partial charge in [-0.25, -0.2) is 0 Å². The van der Waals surface area contributed by atoms with E-state index in [1.165, 1.54) is 0 Å². The molecular formula is C11H7NOS. The van der Waals surface area contributed by atoms with E-state index < -0.39 is 0 Å². The molecule has 2 heterocycles. The van der Waals surface area contributed by atoms with E-state index in [2.05, 4.69) is 17.6 Å². The molecule has 1 aromatic carbocycles. The van der Waals surface area contributed by atoms with Gasteiger partial charge in [-0.2, -0.15) is 0 Å². The predicted molar refractivity (Wildman–Crippen MR) is 58.8 cm³/mol. The summed E-state index contributed by atoms with van der Waals surface area (Å²) in [7, 11) is 0. The fraction of sp³-hybridized carbons (Fsp3) is 0. The van der Waals surface area contributed by atoms with Crippen molar-refractivity contribution in [3.8, 4) is 0 Å². The Morgan fingerprint density at radius 3 is 3.00 bits per heavy atom. The van der Waals surface area contributed by atoms with Gasteiger partial charge in [0.15, 0.2) is 5.58 Å². The molecule has 0 unspecified atom stereocenters. The third-order valence-corrected chi connectivity index (χ3v) is 2.49. The van der Waals surface area contributed by atoms with Crippen molar-refractivity contribution in [3.05, 3.63) is 36.5 Å². The van der Waals surface area contributed by atoms with E-state index in [0.717, 1.165) is 27.0 Å². The second-order valence-electron chi connectivity index (χ2n) is 3.13. The summed E-state index contributed by atoms with van der Waals surface area (Å²) in [6.45, 7) is 0. The van der Waals surface area contributed by atoms with Crippen LogP contribution in [0.2, 0.25) is 0 Å². The van der Waals surface area contributed by atoms with Crippen LogP contribution in [0.3, 0.4) is 0 Å². The minimum Gasteiger partial charge on any atom is -0.454 e. The molecule has 2 nitrogen and oxygen atoms in total. The molecule has 0 fully saturated rings. The normalized spacial score (nSPS) is 11.2. The van der Waals surface area contributed by atoms with Crippen LogP contribution in [-0.4, -0.2) is 4.98 Å². The van der Waals surface area contributed by atoms with Crippen molar-refractivity contribution in [2.75, 3.05) is 0 Å². The molecule has 0 saturated heterocycles. The average molecular weight is 201 g/mol. The first-order valence-electron chi connectivity index (χ1n) is 4.31. The van der Waals surface area contributed by atoms with Crippen LogP contribution in [0.1, 0.15) is 0 Å². The molecule has 0 N–H and O–H groups in total. The van der Waals surface area contributed by atoms with E-state index in [4.69, 9.17) is 4.42 Å². The summed E-state index contributed by atoms with van der Waals surface area (Å²) in [4.78, 5) is 5.20. The highest BCUT2D eigenvalue weighted by atomic mass is 32.1. The van der Waals surface area contributed by atoms with E-state index in [0.29, 0.717) is 0 Å². The van der Waals surface area contributed by atoms with Gasteiger partial charge in [-0.05, 0) is 30.3 Å². The zero-order valence-electron chi connectivity index (χ0n) is 7.27. The Morgan fingerprint density at radius 2 is 2.07 bits per heavy atom. The van der Waals surface area contributed by atoms with E-state index in [-0.39, 0.29) is 0 Å². The molecule has 0 saturated carbocycles. The molecule has 0 atom stereocenters. The first-order valence-corrected chi connectivity index (χ1v) is 4.75. The molecule has 0 spiro atoms. The van der Waals surface area contributed by atoms with Crippen LogP contribution >= 0.6 is 12.6 Å². The summed E-state index contributed by atoms with van der Waals surface area (Å²) >= 11 is 4.29. The SMILES string of the molecule is Sc1ccc2oc3cccnc3c2c1. The highest BCUT2D eigenvalue weighted by Gasteiger charge is 2.06. The summed E-state index contributed by atoms with van der Waals surface area (Å²) in [5, 5.41) is 1.02. The molecule has 0 aliphatic rings. The lowest BCUT2D eigenvalue weighted by Crippen LogP contribution is -1.71. The van der Waals surface area contributed by atoms with Crippen LogP contribution in [0.4, 0.5) is 0 Å². The molecule has 0 bridgehead atoms. The largest absolute Gasteiger partial charge is 0.454 e. The summed E-state index contributed by atoms with van der Waals surface area (Å²) in [5.74, 6) is 0. The Bertz CT molecular complexity index is 615. The minimum absolute atomic E-state index is 0.821. The van der Waals surface area contributed by atoms with E-state index in [9.17, 15) is 0 Å². The fourth-order valence-electron chi connectivity index (χ4n) is 1.59. The van der Waals surface area contributed by atoms with Gasteiger partial charge >= 0.3 is 0 Å². The quantitative estimate of drug-likeness (QED) is 0.565. The molecule has 2 aromatic heterocycles. The number of rotatable bonds is 0. The lowest BCUT2D eigenvalue weighted by Gasteiger charge is -1.89. The highest BCUT2D eigenvalue weighted by Crippen LogP contribution is 2.28. The standard InChI is InChI=1S/C11H7NOS/c14-7-3-4-9-8(6-7)11-10(13-9)2-1-5-12-11/h1-6,14H. The summed E-state index contributed by atoms with van der Waals surface area (Å²) < 4.78 is 5.61. The van der Waals surface area contributed by atoms with E-state index >= 15 is 0 Å². The van der Waals surface area contributed by atoms with E-state index in [1.54, 1.807) is 6.20 Å². The number of hydrogen-bond donors (Lipinski definition) is 1. The summed E-state index contributed by atoms with van der Waals surface area (Å²) in [5.41, 5.74) is 2.58. The molecule has 0 aliphatic heterocycles. The van der Waals surface area contributed by atoms with Gasteiger partial charge in [0.2, 0.25) is 0 Å². The zero-order valence-corrected chi connectivity index (χ0v) is 8.16. The van der Waals surface area contributed by atoms with Gasteiger partial charge in [-0.3, -0.25) is 4.98 Å². The number of hydrogen-bond acceptors (Lipinski definition) is 3.